The van der Waals surface area contributed by atoms with Crippen molar-refractivity contribution in [3.05, 3.63) is 53.7 Å². The zero-order chi connectivity index (χ0) is 19.0. The van der Waals surface area contributed by atoms with Crippen LogP contribution in [0.2, 0.25) is 0 Å². The predicted molar refractivity (Wildman–Crippen MR) is 76.5 cm³/mol. The van der Waals surface area contributed by atoms with E-state index in [0.29, 0.717) is 0 Å². The monoisotopic (exact) mass is 247 g/mol. The molecule has 94 valence electrons. The predicted octanol–water partition coefficient (Wildman–Crippen LogP) is 4.00. The molecule has 0 fully saturated rings. The molecular formula is C17H22N+. The number of hydrogen-bond acceptors (Lipinski definition) is 0. The maximum Gasteiger partial charge on any atom is 0.212 e. The highest BCUT2D eigenvalue weighted by atomic mass is 14.9. The third kappa shape index (κ3) is 2.45. The van der Waals surface area contributed by atoms with E-state index in [1.54, 1.807) is 18.2 Å². The molecule has 1 unspecified atom stereocenters. The Morgan fingerprint density at radius 3 is 2.89 bits per heavy atom. The number of aromatic nitrogens is 1. The topological polar surface area (TPSA) is 3.88 Å². The molecule has 1 aromatic heterocycles. The van der Waals surface area contributed by atoms with Crippen LogP contribution in [0.3, 0.4) is 0 Å². The standard InChI is InChI=1S/C17H22N/c1-5-13(2)15-9-10-16(14(3)12-15)17-8-6-7-11-18(17)4/h6-13H,5H2,1-4H3/q+1/i1D3,2D3,13D. The Morgan fingerprint density at radius 2 is 2.22 bits per heavy atom. The Morgan fingerprint density at radius 1 is 1.33 bits per heavy atom. The summed E-state index contributed by atoms with van der Waals surface area (Å²) >= 11 is 0. The molecule has 1 heteroatoms. The molecule has 0 aliphatic carbocycles. The quantitative estimate of drug-likeness (QED) is 0.722. The first-order valence-electron chi connectivity index (χ1n) is 9.41. The Labute approximate surface area is 120 Å². The van der Waals surface area contributed by atoms with E-state index in [2.05, 4.69) is 0 Å². The Bertz CT molecular complexity index is 764. The summed E-state index contributed by atoms with van der Waals surface area (Å²) in [5.41, 5.74) is 2.86. The molecule has 0 saturated carbocycles. The molecule has 1 atom stereocenters. The molecule has 0 aliphatic rings. The molecular weight excluding hydrogens is 218 g/mol. The molecule has 0 amide bonds. The number of benzene rings is 1. The highest BCUT2D eigenvalue weighted by Gasteiger charge is 2.12. The molecule has 18 heavy (non-hydrogen) atoms. The van der Waals surface area contributed by atoms with Gasteiger partial charge >= 0.3 is 0 Å². The van der Waals surface area contributed by atoms with Crippen molar-refractivity contribution in [3.63, 3.8) is 0 Å². The summed E-state index contributed by atoms with van der Waals surface area (Å²) in [5.74, 6) is -2.18. The van der Waals surface area contributed by atoms with Crippen molar-refractivity contribution in [1.29, 1.82) is 0 Å². The minimum atomic E-state index is -2.74. The van der Waals surface area contributed by atoms with Gasteiger partial charge in [0.05, 0.1) is 0 Å². The maximum atomic E-state index is 8.45. The normalized spacial score (nSPS) is 21.3. The lowest BCUT2D eigenvalue weighted by Crippen LogP contribution is -2.30. The zero-order valence-corrected chi connectivity index (χ0v) is 10.7. The second-order valence-electron chi connectivity index (χ2n) is 4.38. The van der Waals surface area contributed by atoms with Crippen LogP contribution in [0.5, 0.6) is 0 Å². The molecule has 1 nitrogen and oxygen atoms in total. The summed E-state index contributed by atoms with van der Waals surface area (Å²) < 4.78 is 55.9. The number of aryl methyl sites for hydroxylation is 2. The lowest BCUT2D eigenvalue weighted by atomic mass is 9.94. The smallest absolute Gasteiger partial charge is 0.201 e. The molecule has 1 aromatic carbocycles. The molecule has 0 bridgehead atoms. The second-order valence-corrected chi connectivity index (χ2v) is 4.38. The van der Waals surface area contributed by atoms with Crippen LogP contribution in [0, 0.1) is 6.92 Å². The van der Waals surface area contributed by atoms with Crippen molar-refractivity contribution in [2.24, 2.45) is 7.05 Å². The van der Waals surface area contributed by atoms with Gasteiger partial charge in [0.1, 0.15) is 7.05 Å². The van der Waals surface area contributed by atoms with E-state index in [9.17, 15) is 0 Å². The van der Waals surface area contributed by atoms with Gasteiger partial charge < -0.3 is 0 Å². The van der Waals surface area contributed by atoms with Crippen LogP contribution in [0.4, 0.5) is 0 Å². The van der Waals surface area contributed by atoms with Crippen LogP contribution >= 0.6 is 0 Å². The largest absolute Gasteiger partial charge is 0.212 e. The van der Waals surface area contributed by atoms with Gasteiger partial charge in [0.2, 0.25) is 5.69 Å². The van der Waals surface area contributed by atoms with Gasteiger partial charge in [-0.05, 0) is 42.5 Å². The summed E-state index contributed by atoms with van der Waals surface area (Å²) in [7, 11) is 1.91. The number of rotatable bonds is 3. The fraction of sp³-hybridized carbons (Fsp3) is 0.353. The fourth-order valence-electron chi connectivity index (χ4n) is 2.04. The zero-order valence-electron chi connectivity index (χ0n) is 17.7. The van der Waals surface area contributed by atoms with Crippen LogP contribution in [0.15, 0.2) is 42.6 Å². The van der Waals surface area contributed by atoms with Gasteiger partial charge in [-0.1, -0.05) is 25.8 Å². The number of hydrogen-bond donors (Lipinski definition) is 0. The van der Waals surface area contributed by atoms with E-state index in [0.717, 1.165) is 16.8 Å². The van der Waals surface area contributed by atoms with Gasteiger partial charge in [-0.2, -0.15) is 0 Å². The number of nitrogens with zero attached hydrogens (tertiary/aromatic N) is 1. The average Bonchev–Trinajstić information content (AvgIpc) is 2.45. The molecule has 0 N–H and O–H groups in total. The summed E-state index contributed by atoms with van der Waals surface area (Å²) in [6.45, 7) is -3.41. The highest BCUT2D eigenvalue weighted by molar-refractivity contribution is 5.61. The van der Waals surface area contributed by atoms with E-state index in [4.69, 9.17) is 9.60 Å². The van der Waals surface area contributed by atoms with Crippen molar-refractivity contribution >= 4 is 0 Å². The summed E-state index contributed by atoms with van der Waals surface area (Å²) in [4.78, 5) is 0. The highest BCUT2D eigenvalue weighted by Crippen LogP contribution is 2.26. The van der Waals surface area contributed by atoms with Crippen LogP contribution in [-0.2, 0) is 7.05 Å². The van der Waals surface area contributed by atoms with Crippen molar-refractivity contribution in [2.45, 2.75) is 32.9 Å². The van der Waals surface area contributed by atoms with E-state index in [-0.39, 0.29) is 5.56 Å². The van der Waals surface area contributed by atoms with Crippen molar-refractivity contribution in [2.75, 3.05) is 0 Å². The van der Waals surface area contributed by atoms with Crippen molar-refractivity contribution in [3.8, 4) is 11.3 Å². The van der Waals surface area contributed by atoms with Crippen LogP contribution in [0.1, 0.15) is 46.7 Å². The van der Waals surface area contributed by atoms with Crippen molar-refractivity contribution in [1.82, 2.24) is 0 Å². The molecule has 0 aliphatic heterocycles. The van der Waals surface area contributed by atoms with E-state index >= 15 is 0 Å². The molecule has 2 aromatic rings. The van der Waals surface area contributed by atoms with Crippen molar-refractivity contribution < 1.29 is 14.2 Å². The third-order valence-electron chi connectivity index (χ3n) is 3.08. The Kier molecular flexibility index (Phi) is 1.93. The Hall–Kier alpha value is -1.63. The summed E-state index contributed by atoms with van der Waals surface area (Å²) in [6, 6.07) is 10.7. The maximum absolute atomic E-state index is 8.45. The second kappa shape index (κ2) is 5.34. The van der Waals surface area contributed by atoms with E-state index in [1.165, 1.54) is 0 Å². The molecule has 0 spiro atoms. The summed E-state index contributed by atoms with van der Waals surface area (Å²) in [6.07, 6.45) is 1.18. The first-order chi connectivity index (χ1) is 11.3. The van der Waals surface area contributed by atoms with Gasteiger partial charge in [0.15, 0.2) is 6.20 Å². The SMILES string of the molecule is [2H]C([2H])([2H])CC([2H])(c1ccc(-c2cccc[n+]2C)c(C)c1)C([2H])([2H])[2H]. The van der Waals surface area contributed by atoms with Crippen LogP contribution in [-0.4, -0.2) is 0 Å². The average molecular weight is 247 g/mol. The lowest BCUT2D eigenvalue weighted by molar-refractivity contribution is -0.660. The van der Waals surface area contributed by atoms with Gasteiger partial charge in [0.25, 0.3) is 0 Å². The minimum Gasteiger partial charge on any atom is -0.201 e. The molecule has 1 heterocycles. The van der Waals surface area contributed by atoms with E-state index < -0.39 is 26.0 Å². The minimum absolute atomic E-state index is 0.198. The van der Waals surface area contributed by atoms with Gasteiger partial charge in [-0.3, -0.25) is 0 Å². The van der Waals surface area contributed by atoms with Gasteiger partial charge in [-0.25, -0.2) is 4.57 Å². The first kappa shape index (κ1) is 6.51. The van der Waals surface area contributed by atoms with Crippen LogP contribution in [0.25, 0.3) is 11.3 Å². The van der Waals surface area contributed by atoms with Gasteiger partial charge in [-0.15, -0.1) is 0 Å². The Balaban J connectivity index is 2.56. The van der Waals surface area contributed by atoms with Crippen LogP contribution < -0.4 is 4.57 Å². The molecule has 2 rings (SSSR count). The third-order valence-corrected chi connectivity index (χ3v) is 3.08. The lowest BCUT2D eigenvalue weighted by Gasteiger charge is -2.12. The summed E-state index contributed by atoms with van der Waals surface area (Å²) in [5, 5.41) is 0. The molecule has 0 radical (unpaired) electrons. The van der Waals surface area contributed by atoms with Gasteiger partial charge in [0, 0.05) is 27.3 Å². The molecule has 0 saturated heterocycles. The first-order valence-corrected chi connectivity index (χ1v) is 5.91. The fourth-order valence-corrected chi connectivity index (χ4v) is 2.04. The van der Waals surface area contributed by atoms with E-state index in [1.807, 2.05) is 42.9 Å². The number of pyridine rings is 1.